The first-order chi connectivity index (χ1) is 23.8. The Bertz CT molecular complexity index is 1390. The molecule has 3 aromatic carbocycles. The lowest BCUT2D eigenvalue weighted by molar-refractivity contribution is -0.295. The molecule has 6 atom stereocenters. The van der Waals surface area contributed by atoms with Crippen molar-refractivity contribution in [2.75, 3.05) is 13.7 Å². The van der Waals surface area contributed by atoms with E-state index in [0.717, 1.165) is 98.6 Å². The van der Waals surface area contributed by atoms with Gasteiger partial charge in [0.1, 0.15) is 36.8 Å². The van der Waals surface area contributed by atoms with Crippen LogP contribution in [0.15, 0.2) is 54.6 Å². The smallest absolute Gasteiger partial charge is 0.314 e. The van der Waals surface area contributed by atoms with Gasteiger partial charge < -0.3 is 34.3 Å². The number of carbonyl (C=O) groups is 2. The summed E-state index contributed by atoms with van der Waals surface area (Å²) in [6.07, 6.45) is 8.26. The molecule has 49 heavy (non-hydrogen) atoms. The van der Waals surface area contributed by atoms with Gasteiger partial charge in [-0.3, -0.25) is 9.59 Å². The molecule has 270 valence electrons. The quantitative estimate of drug-likeness (QED) is 0.0456. The molecular formula is C40H56O9. The SMILES string of the molecule is CCCCCCC(CCCCCCCCCCC(=O)OC[C@H]1O[C@H](OC)[C@H](O)[C@@H](O)[C@@H]1O)C(=O)Oc1c2ccccc2cc2ccccc12. The molecule has 0 radical (unpaired) electrons. The summed E-state index contributed by atoms with van der Waals surface area (Å²) in [5.74, 6) is 0.0556. The maximum Gasteiger partial charge on any atom is 0.314 e. The first-order valence-corrected chi connectivity index (χ1v) is 18.3. The van der Waals surface area contributed by atoms with Crippen LogP contribution in [0.5, 0.6) is 5.75 Å². The third kappa shape index (κ3) is 11.5. The Morgan fingerprint density at radius 1 is 0.735 bits per heavy atom. The molecule has 1 heterocycles. The highest BCUT2D eigenvalue weighted by Crippen LogP contribution is 2.36. The fourth-order valence-corrected chi connectivity index (χ4v) is 6.68. The number of aliphatic hydroxyl groups is 3. The second-order valence-corrected chi connectivity index (χ2v) is 13.4. The molecular weight excluding hydrogens is 624 g/mol. The molecule has 0 amide bonds. The molecule has 0 spiro atoms. The second-order valence-electron chi connectivity index (χ2n) is 13.4. The van der Waals surface area contributed by atoms with Gasteiger partial charge in [-0.15, -0.1) is 0 Å². The van der Waals surface area contributed by atoms with Crippen LogP contribution in [-0.2, 0) is 23.8 Å². The minimum atomic E-state index is -1.45. The standard InChI is InChI=1S/C40H56O9/c1-3-4-5-12-19-28(39(45)49-38-31-23-17-15-21-29(31)26-30-22-16-18-24-32(30)38)20-13-10-8-6-7-9-11-14-25-34(41)47-27-33-35(42)36(43)37(44)40(46-2)48-33/h15-18,21-24,26,28,33,35-37,40,42-44H,3-14,19-20,25,27H2,1-2H3/t28?,33-,35-,36+,37-,40+/m1/s1. The number of hydrogen-bond acceptors (Lipinski definition) is 9. The van der Waals surface area contributed by atoms with Gasteiger partial charge in [-0.2, -0.15) is 0 Å². The van der Waals surface area contributed by atoms with E-state index in [-0.39, 0.29) is 30.9 Å². The number of rotatable bonds is 21. The largest absolute Gasteiger partial charge is 0.463 e. The summed E-state index contributed by atoms with van der Waals surface area (Å²) in [4.78, 5) is 25.8. The molecule has 1 saturated heterocycles. The zero-order valence-corrected chi connectivity index (χ0v) is 29.3. The van der Waals surface area contributed by atoms with Crippen LogP contribution < -0.4 is 4.74 Å². The number of benzene rings is 3. The fraction of sp³-hybridized carbons (Fsp3) is 0.600. The van der Waals surface area contributed by atoms with Crippen molar-refractivity contribution < 1.29 is 43.9 Å². The van der Waals surface area contributed by atoms with E-state index in [4.69, 9.17) is 18.9 Å². The van der Waals surface area contributed by atoms with E-state index in [1.54, 1.807) is 0 Å². The van der Waals surface area contributed by atoms with Crippen LogP contribution in [0.2, 0.25) is 0 Å². The van der Waals surface area contributed by atoms with Gasteiger partial charge in [0.2, 0.25) is 0 Å². The molecule has 1 aliphatic rings. The first kappa shape index (κ1) is 38.7. The van der Waals surface area contributed by atoms with Gasteiger partial charge in [0.25, 0.3) is 0 Å². The van der Waals surface area contributed by atoms with E-state index in [2.05, 4.69) is 25.1 Å². The summed E-state index contributed by atoms with van der Waals surface area (Å²) in [5, 5.41) is 34.0. The third-order valence-corrected chi connectivity index (χ3v) is 9.66. The number of esters is 2. The lowest BCUT2D eigenvalue weighted by Crippen LogP contribution is -2.59. The topological polar surface area (TPSA) is 132 Å². The van der Waals surface area contributed by atoms with E-state index < -0.39 is 30.7 Å². The third-order valence-electron chi connectivity index (χ3n) is 9.66. The van der Waals surface area contributed by atoms with Crippen LogP contribution in [0, 0.1) is 5.92 Å². The highest BCUT2D eigenvalue weighted by molar-refractivity contribution is 6.06. The van der Waals surface area contributed by atoms with Crippen molar-refractivity contribution >= 4 is 33.5 Å². The molecule has 3 aromatic rings. The van der Waals surface area contributed by atoms with E-state index >= 15 is 0 Å². The summed E-state index contributed by atoms with van der Waals surface area (Å²) >= 11 is 0. The van der Waals surface area contributed by atoms with Gasteiger partial charge in [0, 0.05) is 24.3 Å². The molecule has 1 unspecified atom stereocenters. The summed E-state index contributed by atoms with van der Waals surface area (Å²) < 4.78 is 21.9. The molecule has 1 fully saturated rings. The molecule has 9 nitrogen and oxygen atoms in total. The monoisotopic (exact) mass is 680 g/mol. The summed E-state index contributed by atoms with van der Waals surface area (Å²) in [6.45, 7) is 1.98. The molecule has 9 heteroatoms. The molecule has 0 aromatic heterocycles. The van der Waals surface area contributed by atoms with Crippen molar-refractivity contribution in [3.63, 3.8) is 0 Å². The predicted octanol–water partition coefficient (Wildman–Crippen LogP) is 7.38. The second kappa shape index (κ2) is 20.6. The van der Waals surface area contributed by atoms with Gasteiger partial charge in [0.15, 0.2) is 6.29 Å². The minimum Gasteiger partial charge on any atom is -0.463 e. The van der Waals surface area contributed by atoms with E-state index in [0.29, 0.717) is 12.2 Å². The van der Waals surface area contributed by atoms with Gasteiger partial charge in [-0.05, 0) is 36.1 Å². The number of methoxy groups -OCH3 is 1. The number of carbonyl (C=O) groups excluding carboxylic acids is 2. The van der Waals surface area contributed by atoms with Crippen LogP contribution >= 0.6 is 0 Å². The first-order valence-electron chi connectivity index (χ1n) is 18.3. The zero-order valence-electron chi connectivity index (χ0n) is 29.3. The maximum absolute atomic E-state index is 13.7. The Hall–Kier alpha value is -3.08. The van der Waals surface area contributed by atoms with Crippen molar-refractivity contribution in [3.8, 4) is 5.75 Å². The predicted molar refractivity (Wildman–Crippen MR) is 190 cm³/mol. The van der Waals surface area contributed by atoms with Crippen LogP contribution in [0.25, 0.3) is 21.5 Å². The minimum absolute atomic E-state index is 0.111. The Labute approximate surface area is 290 Å². The van der Waals surface area contributed by atoms with Gasteiger partial charge in [-0.1, -0.05) is 126 Å². The van der Waals surface area contributed by atoms with Gasteiger partial charge in [0.05, 0.1) is 5.92 Å². The molecule has 0 aliphatic carbocycles. The van der Waals surface area contributed by atoms with Crippen LogP contribution in [0.3, 0.4) is 0 Å². The van der Waals surface area contributed by atoms with Crippen molar-refractivity contribution in [2.45, 2.75) is 134 Å². The molecule has 3 N–H and O–H groups in total. The Balaban J connectivity index is 1.14. The Morgan fingerprint density at radius 3 is 1.88 bits per heavy atom. The number of fused-ring (bicyclic) bond motifs is 2. The van der Waals surface area contributed by atoms with Gasteiger partial charge in [-0.25, -0.2) is 0 Å². The fourth-order valence-electron chi connectivity index (χ4n) is 6.68. The molecule has 1 aliphatic heterocycles. The maximum atomic E-state index is 13.7. The molecule has 4 rings (SSSR count). The lowest BCUT2D eigenvalue weighted by Gasteiger charge is -2.39. The summed E-state index contributed by atoms with van der Waals surface area (Å²) in [7, 11) is 1.32. The number of unbranched alkanes of at least 4 members (excludes halogenated alkanes) is 10. The lowest BCUT2D eigenvalue weighted by atomic mass is 9.94. The van der Waals surface area contributed by atoms with Crippen molar-refractivity contribution in [3.05, 3.63) is 54.6 Å². The van der Waals surface area contributed by atoms with Crippen molar-refractivity contribution in [1.82, 2.24) is 0 Å². The highest BCUT2D eigenvalue weighted by Gasteiger charge is 2.44. The number of aliphatic hydroxyl groups excluding tert-OH is 3. The summed E-state index contributed by atoms with van der Waals surface area (Å²) in [6, 6.07) is 18.3. The van der Waals surface area contributed by atoms with Crippen LogP contribution in [0.4, 0.5) is 0 Å². The van der Waals surface area contributed by atoms with Crippen molar-refractivity contribution in [2.24, 2.45) is 5.92 Å². The highest BCUT2D eigenvalue weighted by atomic mass is 16.7. The van der Waals surface area contributed by atoms with E-state index in [1.165, 1.54) is 13.5 Å². The molecule has 0 bridgehead atoms. The number of ether oxygens (including phenoxy) is 4. The average Bonchev–Trinajstić information content (AvgIpc) is 3.11. The average molecular weight is 681 g/mol. The zero-order chi connectivity index (χ0) is 35.0. The molecule has 0 saturated carbocycles. The van der Waals surface area contributed by atoms with E-state index in [1.807, 2.05) is 36.4 Å². The van der Waals surface area contributed by atoms with Crippen LogP contribution in [0.1, 0.15) is 103 Å². The van der Waals surface area contributed by atoms with Gasteiger partial charge >= 0.3 is 11.9 Å². The summed E-state index contributed by atoms with van der Waals surface area (Å²) in [5.41, 5.74) is 0. The van der Waals surface area contributed by atoms with Crippen LogP contribution in [-0.4, -0.2) is 71.7 Å². The van der Waals surface area contributed by atoms with Crippen molar-refractivity contribution in [1.29, 1.82) is 0 Å². The Kier molecular flexibility index (Phi) is 16.2. The van der Waals surface area contributed by atoms with E-state index in [9.17, 15) is 24.9 Å². The number of hydrogen-bond donors (Lipinski definition) is 3. The Morgan fingerprint density at radius 2 is 1.29 bits per heavy atom. The normalized spacial score (nSPS) is 21.5.